The van der Waals surface area contributed by atoms with Gasteiger partial charge in [-0.3, -0.25) is 4.18 Å². The molecular weight excluding hydrogens is 416 g/mol. The number of halogens is 1. The molecule has 0 amide bonds. The van der Waals surface area contributed by atoms with Gasteiger partial charge in [0.25, 0.3) is 10.1 Å². The molecule has 0 saturated carbocycles. The van der Waals surface area contributed by atoms with Crippen LogP contribution in [-0.4, -0.2) is 23.1 Å². The molecule has 0 bridgehead atoms. The molecule has 0 aliphatic rings. The van der Waals surface area contributed by atoms with E-state index in [0.717, 1.165) is 10.5 Å². The Bertz CT molecular complexity index is 800. The maximum Gasteiger partial charge on any atom is 0.296 e. The molecule has 0 saturated heterocycles. The number of rotatable bonds is 7. The molecule has 6 heteroatoms. The summed E-state index contributed by atoms with van der Waals surface area (Å²) in [4.78, 5) is 0.186. The Morgan fingerprint density at radius 3 is 2.12 bits per heavy atom. The molecule has 136 valence electrons. The highest BCUT2D eigenvalue weighted by molar-refractivity contribution is 9.10. The Morgan fingerprint density at radius 2 is 1.56 bits per heavy atom. The summed E-state index contributed by atoms with van der Waals surface area (Å²) in [5, 5.41) is 1.37. The molecule has 0 atom stereocenters. The first-order valence-electron chi connectivity index (χ1n) is 8.22. The van der Waals surface area contributed by atoms with Crippen LogP contribution >= 0.6 is 15.9 Å². The van der Waals surface area contributed by atoms with Gasteiger partial charge in [-0.2, -0.15) is 8.42 Å². The first-order chi connectivity index (χ1) is 11.5. The summed E-state index contributed by atoms with van der Waals surface area (Å²) in [7, 11) is -5.41. The molecule has 0 spiro atoms. The van der Waals surface area contributed by atoms with E-state index in [1.54, 1.807) is 24.3 Å². The molecule has 0 aromatic heterocycles. The average Bonchev–Trinajstić information content (AvgIpc) is 2.54. The van der Waals surface area contributed by atoms with Crippen LogP contribution in [0.1, 0.15) is 13.8 Å². The summed E-state index contributed by atoms with van der Waals surface area (Å²) >= 11 is 3.31. The third-order valence-electron chi connectivity index (χ3n) is 4.18. The lowest BCUT2D eigenvalue weighted by atomic mass is 9.98. The molecule has 2 aromatic rings. The summed E-state index contributed by atoms with van der Waals surface area (Å²) in [6, 6.07) is 17.9. The minimum Gasteiger partial charge on any atom is -0.266 e. The number of hydrogen-bond acceptors (Lipinski definition) is 3. The average molecular weight is 441 g/mol. The fourth-order valence-electron chi connectivity index (χ4n) is 3.15. The lowest BCUT2D eigenvalue weighted by Gasteiger charge is -2.33. The first kappa shape index (κ1) is 20.4. The van der Waals surface area contributed by atoms with E-state index in [1.807, 2.05) is 6.07 Å². The van der Waals surface area contributed by atoms with Gasteiger partial charge < -0.3 is 0 Å². The molecule has 0 aliphatic heterocycles. The first-order valence-corrected chi connectivity index (χ1v) is 13.6. The van der Waals surface area contributed by atoms with E-state index in [9.17, 15) is 8.42 Å². The van der Waals surface area contributed by atoms with Crippen molar-refractivity contribution in [2.24, 2.45) is 5.41 Å². The SMILES string of the molecule is CC(C)(COS(=O)(=O)c1ccc(Br)cc1)C[Si](C)(C)c1ccccc1. The molecule has 2 aromatic carbocycles. The summed E-state index contributed by atoms with van der Waals surface area (Å²) in [6.45, 7) is 8.94. The van der Waals surface area contributed by atoms with Crippen molar-refractivity contribution in [3.63, 3.8) is 0 Å². The highest BCUT2D eigenvalue weighted by Gasteiger charge is 2.33. The van der Waals surface area contributed by atoms with E-state index < -0.39 is 18.2 Å². The Morgan fingerprint density at radius 1 is 1.00 bits per heavy atom. The van der Waals surface area contributed by atoms with Gasteiger partial charge >= 0.3 is 0 Å². The summed E-state index contributed by atoms with van der Waals surface area (Å²) in [5.74, 6) is 0. The van der Waals surface area contributed by atoms with E-state index in [2.05, 4.69) is 67.1 Å². The standard InChI is InChI=1S/C19H25BrO3SSi/c1-19(2,15-25(3,4)18-8-6-5-7-9-18)14-23-24(21,22)17-12-10-16(20)11-13-17/h5-13H,14-15H2,1-4H3. The molecule has 25 heavy (non-hydrogen) atoms. The third kappa shape index (κ3) is 5.77. The molecular formula is C19H25BrO3SSi. The number of hydrogen-bond donors (Lipinski definition) is 0. The Labute approximate surface area is 160 Å². The third-order valence-corrected chi connectivity index (χ3v) is 9.73. The van der Waals surface area contributed by atoms with E-state index in [0.29, 0.717) is 0 Å². The van der Waals surface area contributed by atoms with Crippen molar-refractivity contribution in [1.29, 1.82) is 0 Å². The maximum atomic E-state index is 12.4. The summed E-state index contributed by atoms with van der Waals surface area (Å²) < 4.78 is 31.0. The maximum absolute atomic E-state index is 12.4. The zero-order chi connectivity index (χ0) is 18.7. The van der Waals surface area contributed by atoms with Gasteiger partial charge in [0.1, 0.15) is 0 Å². The minimum atomic E-state index is -3.74. The van der Waals surface area contributed by atoms with Gasteiger partial charge in [0.2, 0.25) is 0 Å². The van der Waals surface area contributed by atoms with Crippen molar-refractivity contribution in [1.82, 2.24) is 0 Å². The predicted molar refractivity (Wildman–Crippen MR) is 109 cm³/mol. The lowest BCUT2D eigenvalue weighted by molar-refractivity contribution is 0.202. The van der Waals surface area contributed by atoms with Gasteiger partial charge in [0.05, 0.1) is 19.6 Å². The zero-order valence-corrected chi connectivity index (χ0v) is 18.5. The molecule has 0 radical (unpaired) electrons. The second kappa shape index (κ2) is 7.74. The van der Waals surface area contributed by atoms with Crippen molar-refractivity contribution < 1.29 is 12.6 Å². The Balaban J connectivity index is 2.07. The van der Waals surface area contributed by atoms with Gasteiger partial charge in [-0.05, 0) is 35.7 Å². The van der Waals surface area contributed by atoms with Crippen LogP contribution in [0, 0.1) is 5.41 Å². The Hall–Kier alpha value is -0.953. The van der Waals surface area contributed by atoms with Gasteiger partial charge in [-0.1, -0.05) is 78.4 Å². The van der Waals surface area contributed by atoms with Crippen LogP contribution in [0.3, 0.4) is 0 Å². The lowest BCUT2D eigenvalue weighted by Crippen LogP contribution is -2.45. The summed E-state index contributed by atoms with van der Waals surface area (Å²) in [5.41, 5.74) is -0.228. The minimum absolute atomic E-state index is 0.175. The molecule has 0 fully saturated rings. The fourth-order valence-corrected chi connectivity index (χ4v) is 8.28. The van der Waals surface area contributed by atoms with Gasteiger partial charge in [-0.15, -0.1) is 0 Å². The van der Waals surface area contributed by atoms with Crippen molar-refractivity contribution in [2.45, 2.75) is 37.9 Å². The molecule has 0 unspecified atom stereocenters. The second-order valence-electron chi connectivity index (χ2n) is 7.76. The monoisotopic (exact) mass is 440 g/mol. The van der Waals surface area contributed by atoms with Crippen LogP contribution < -0.4 is 5.19 Å². The topological polar surface area (TPSA) is 43.4 Å². The van der Waals surface area contributed by atoms with E-state index >= 15 is 0 Å². The van der Waals surface area contributed by atoms with Crippen LogP contribution in [0.2, 0.25) is 19.1 Å². The largest absolute Gasteiger partial charge is 0.296 e. The smallest absolute Gasteiger partial charge is 0.266 e. The van der Waals surface area contributed by atoms with Crippen molar-refractivity contribution in [2.75, 3.05) is 6.61 Å². The second-order valence-corrected chi connectivity index (χ2v) is 15.0. The fraction of sp³-hybridized carbons (Fsp3) is 0.368. The van der Waals surface area contributed by atoms with E-state index in [-0.39, 0.29) is 16.9 Å². The predicted octanol–water partition coefficient (Wildman–Crippen LogP) is 4.80. The molecule has 3 nitrogen and oxygen atoms in total. The number of benzene rings is 2. The van der Waals surface area contributed by atoms with Crippen molar-refractivity contribution >= 4 is 39.3 Å². The van der Waals surface area contributed by atoms with Gasteiger partial charge in [0.15, 0.2) is 0 Å². The molecule has 0 heterocycles. The quantitative estimate of drug-likeness (QED) is 0.458. The normalized spacial score (nSPS) is 13.0. The van der Waals surface area contributed by atoms with Gasteiger partial charge in [0, 0.05) is 4.47 Å². The molecule has 0 aliphatic carbocycles. The van der Waals surface area contributed by atoms with Crippen LogP contribution in [0.15, 0.2) is 64.0 Å². The zero-order valence-electron chi connectivity index (χ0n) is 15.1. The molecule has 0 N–H and O–H groups in total. The van der Waals surface area contributed by atoms with Gasteiger partial charge in [-0.25, -0.2) is 0 Å². The highest BCUT2D eigenvalue weighted by atomic mass is 79.9. The van der Waals surface area contributed by atoms with E-state index in [1.165, 1.54) is 5.19 Å². The van der Waals surface area contributed by atoms with Crippen LogP contribution in [0.25, 0.3) is 0 Å². The highest BCUT2D eigenvalue weighted by Crippen LogP contribution is 2.30. The van der Waals surface area contributed by atoms with Crippen molar-refractivity contribution in [3.05, 3.63) is 59.1 Å². The van der Waals surface area contributed by atoms with E-state index in [4.69, 9.17) is 4.18 Å². The molecule has 2 rings (SSSR count). The summed E-state index contributed by atoms with van der Waals surface area (Å²) in [6.07, 6.45) is 0. The van der Waals surface area contributed by atoms with Crippen LogP contribution in [0.5, 0.6) is 0 Å². The van der Waals surface area contributed by atoms with Crippen LogP contribution in [0.4, 0.5) is 0 Å². The van der Waals surface area contributed by atoms with Crippen LogP contribution in [-0.2, 0) is 14.3 Å². The van der Waals surface area contributed by atoms with Crippen molar-refractivity contribution in [3.8, 4) is 0 Å². The Kier molecular flexibility index (Phi) is 6.30.